The molecule has 6 heteroatoms. The van der Waals surface area contributed by atoms with Crippen molar-refractivity contribution in [1.29, 1.82) is 0 Å². The number of aromatic nitrogens is 1. The van der Waals surface area contributed by atoms with Gasteiger partial charge in [0.25, 0.3) is 0 Å². The van der Waals surface area contributed by atoms with E-state index in [9.17, 15) is 9.59 Å². The van der Waals surface area contributed by atoms with Gasteiger partial charge < -0.3 is 15.5 Å². The number of nitrogens with one attached hydrogen (secondary N) is 2. The van der Waals surface area contributed by atoms with Gasteiger partial charge in [-0.1, -0.05) is 25.3 Å². The Morgan fingerprint density at radius 3 is 2.88 bits per heavy atom. The Kier molecular flexibility index (Phi) is 6.39. The van der Waals surface area contributed by atoms with Gasteiger partial charge in [0.05, 0.1) is 6.04 Å². The van der Waals surface area contributed by atoms with Crippen LogP contribution in [0, 0.1) is 5.92 Å². The molecule has 1 aliphatic carbocycles. The van der Waals surface area contributed by atoms with Gasteiger partial charge in [0, 0.05) is 50.9 Å². The molecule has 0 bridgehead atoms. The minimum absolute atomic E-state index is 0.0176. The molecule has 1 saturated heterocycles. The van der Waals surface area contributed by atoms with Crippen LogP contribution >= 0.6 is 0 Å². The summed E-state index contributed by atoms with van der Waals surface area (Å²) in [5.74, 6) is 0.363. The third-order valence-corrected chi connectivity index (χ3v) is 5.25. The van der Waals surface area contributed by atoms with Crippen LogP contribution in [0.3, 0.4) is 0 Å². The van der Waals surface area contributed by atoms with Gasteiger partial charge in [-0.05, 0) is 24.5 Å². The zero-order valence-electron chi connectivity index (χ0n) is 14.7. The quantitative estimate of drug-likeness (QED) is 0.852. The van der Waals surface area contributed by atoms with Gasteiger partial charge >= 0.3 is 0 Å². The molecular formula is C19H28N4O2. The highest BCUT2D eigenvalue weighted by Gasteiger charge is 2.28. The fourth-order valence-corrected chi connectivity index (χ4v) is 3.82. The summed E-state index contributed by atoms with van der Waals surface area (Å²) in [5.41, 5.74) is 1.05. The van der Waals surface area contributed by atoms with Gasteiger partial charge in [-0.15, -0.1) is 0 Å². The number of hydrogen-bond acceptors (Lipinski definition) is 4. The second kappa shape index (κ2) is 8.94. The number of rotatable bonds is 5. The number of nitrogens with zero attached hydrogens (tertiary/aromatic N) is 2. The Morgan fingerprint density at radius 2 is 2.12 bits per heavy atom. The monoisotopic (exact) mass is 344 g/mol. The number of amides is 2. The Morgan fingerprint density at radius 1 is 1.28 bits per heavy atom. The lowest BCUT2D eigenvalue weighted by Crippen LogP contribution is -2.49. The molecule has 136 valence electrons. The SMILES string of the molecule is O=C(NCCC(=O)N1CCNCC1c1cccnc1)C1CCCCC1. The maximum Gasteiger partial charge on any atom is 0.224 e. The Labute approximate surface area is 149 Å². The van der Waals surface area contributed by atoms with E-state index in [0.29, 0.717) is 19.5 Å². The highest BCUT2D eigenvalue weighted by molar-refractivity contribution is 5.80. The van der Waals surface area contributed by atoms with Crippen LogP contribution in [-0.4, -0.2) is 47.9 Å². The molecule has 1 saturated carbocycles. The summed E-state index contributed by atoms with van der Waals surface area (Å²) in [7, 11) is 0. The molecular weight excluding hydrogens is 316 g/mol. The molecule has 2 amide bonds. The molecule has 2 heterocycles. The van der Waals surface area contributed by atoms with Gasteiger partial charge in [0.1, 0.15) is 0 Å². The zero-order valence-corrected chi connectivity index (χ0v) is 14.7. The number of piperazine rings is 1. The molecule has 1 aromatic heterocycles. The first-order valence-electron chi connectivity index (χ1n) is 9.43. The molecule has 2 fully saturated rings. The maximum absolute atomic E-state index is 12.7. The number of carbonyl (C=O) groups is 2. The fraction of sp³-hybridized carbons (Fsp3) is 0.632. The van der Waals surface area contributed by atoms with Crippen LogP contribution in [0.5, 0.6) is 0 Å². The lowest BCUT2D eigenvalue weighted by Gasteiger charge is -2.36. The van der Waals surface area contributed by atoms with Crippen molar-refractivity contribution in [2.24, 2.45) is 5.92 Å². The molecule has 0 spiro atoms. The van der Waals surface area contributed by atoms with E-state index in [4.69, 9.17) is 0 Å². The predicted octanol–water partition coefficient (Wildman–Crippen LogP) is 1.64. The molecule has 3 rings (SSSR count). The molecule has 1 unspecified atom stereocenters. The molecule has 1 atom stereocenters. The molecule has 2 aliphatic rings. The topological polar surface area (TPSA) is 74.3 Å². The lowest BCUT2D eigenvalue weighted by atomic mass is 9.89. The van der Waals surface area contributed by atoms with E-state index in [1.54, 1.807) is 6.20 Å². The Bertz CT molecular complexity index is 572. The summed E-state index contributed by atoms with van der Waals surface area (Å²) in [5, 5.41) is 6.31. The summed E-state index contributed by atoms with van der Waals surface area (Å²) in [6, 6.07) is 3.93. The second-order valence-corrected chi connectivity index (χ2v) is 6.97. The number of pyridine rings is 1. The van der Waals surface area contributed by atoms with Crippen LogP contribution in [0.1, 0.15) is 50.1 Å². The van der Waals surface area contributed by atoms with E-state index < -0.39 is 0 Å². The Balaban J connectivity index is 1.50. The standard InChI is InChI=1S/C19H28N4O2/c24-18(8-10-22-19(25)15-5-2-1-3-6-15)23-12-11-21-14-17(23)16-7-4-9-20-13-16/h4,7,9,13,15,17,21H,1-3,5-6,8,10-12,14H2,(H,22,25). The van der Waals surface area contributed by atoms with Crippen molar-refractivity contribution in [3.63, 3.8) is 0 Å². The predicted molar refractivity (Wildman–Crippen MR) is 95.8 cm³/mol. The minimum Gasteiger partial charge on any atom is -0.355 e. The molecule has 25 heavy (non-hydrogen) atoms. The molecule has 1 aliphatic heterocycles. The summed E-state index contributed by atoms with van der Waals surface area (Å²) in [6.45, 7) is 2.66. The van der Waals surface area contributed by atoms with Crippen molar-refractivity contribution in [2.75, 3.05) is 26.2 Å². The average Bonchev–Trinajstić information content (AvgIpc) is 2.69. The summed E-state index contributed by atoms with van der Waals surface area (Å²) in [4.78, 5) is 30.9. The van der Waals surface area contributed by atoms with Gasteiger partial charge in [0.15, 0.2) is 0 Å². The zero-order chi connectivity index (χ0) is 17.5. The van der Waals surface area contributed by atoms with Crippen molar-refractivity contribution in [2.45, 2.75) is 44.6 Å². The Hall–Kier alpha value is -1.95. The molecule has 1 aromatic rings. The number of carbonyl (C=O) groups excluding carboxylic acids is 2. The number of hydrogen-bond donors (Lipinski definition) is 2. The van der Waals surface area contributed by atoms with E-state index in [1.807, 2.05) is 23.2 Å². The van der Waals surface area contributed by atoms with Gasteiger partial charge in [-0.3, -0.25) is 14.6 Å². The third-order valence-electron chi connectivity index (χ3n) is 5.25. The highest BCUT2D eigenvalue weighted by atomic mass is 16.2. The smallest absolute Gasteiger partial charge is 0.224 e. The first-order valence-corrected chi connectivity index (χ1v) is 9.43. The minimum atomic E-state index is 0.0176. The summed E-state index contributed by atoms with van der Waals surface area (Å²) >= 11 is 0. The second-order valence-electron chi connectivity index (χ2n) is 6.97. The van der Waals surface area contributed by atoms with E-state index >= 15 is 0 Å². The highest BCUT2D eigenvalue weighted by Crippen LogP contribution is 2.24. The molecule has 0 aromatic carbocycles. The van der Waals surface area contributed by atoms with Gasteiger partial charge in [-0.2, -0.15) is 0 Å². The van der Waals surface area contributed by atoms with Crippen molar-refractivity contribution in [3.05, 3.63) is 30.1 Å². The van der Waals surface area contributed by atoms with Crippen molar-refractivity contribution >= 4 is 11.8 Å². The summed E-state index contributed by atoms with van der Waals surface area (Å²) in [6.07, 6.45) is 9.42. The van der Waals surface area contributed by atoms with Crippen LogP contribution in [0.2, 0.25) is 0 Å². The van der Waals surface area contributed by atoms with E-state index in [1.165, 1.54) is 6.42 Å². The normalized spacial score (nSPS) is 21.8. The van der Waals surface area contributed by atoms with Crippen LogP contribution in [0.4, 0.5) is 0 Å². The van der Waals surface area contributed by atoms with Crippen molar-refractivity contribution in [3.8, 4) is 0 Å². The van der Waals surface area contributed by atoms with Gasteiger partial charge in [-0.25, -0.2) is 0 Å². The molecule has 0 radical (unpaired) electrons. The summed E-state index contributed by atoms with van der Waals surface area (Å²) < 4.78 is 0. The molecule has 2 N–H and O–H groups in total. The van der Waals surface area contributed by atoms with Crippen LogP contribution in [0.25, 0.3) is 0 Å². The largest absolute Gasteiger partial charge is 0.355 e. The van der Waals surface area contributed by atoms with Crippen molar-refractivity contribution < 1.29 is 9.59 Å². The van der Waals surface area contributed by atoms with Gasteiger partial charge in [0.2, 0.25) is 11.8 Å². The first kappa shape index (κ1) is 17.9. The maximum atomic E-state index is 12.7. The van der Waals surface area contributed by atoms with Crippen LogP contribution in [0.15, 0.2) is 24.5 Å². The van der Waals surface area contributed by atoms with E-state index in [2.05, 4.69) is 15.6 Å². The fourth-order valence-electron chi connectivity index (χ4n) is 3.82. The van der Waals surface area contributed by atoms with Crippen LogP contribution < -0.4 is 10.6 Å². The van der Waals surface area contributed by atoms with Crippen molar-refractivity contribution in [1.82, 2.24) is 20.5 Å². The van der Waals surface area contributed by atoms with E-state index in [0.717, 1.165) is 44.3 Å². The van der Waals surface area contributed by atoms with E-state index in [-0.39, 0.29) is 23.8 Å². The first-order chi connectivity index (χ1) is 12.3. The lowest BCUT2D eigenvalue weighted by molar-refractivity contribution is -0.134. The average molecular weight is 344 g/mol. The third kappa shape index (κ3) is 4.78. The molecule has 6 nitrogen and oxygen atoms in total. The van der Waals surface area contributed by atoms with Crippen LogP contribution in [-0.2, 0) is 9.59 Å².